The molecule has 3 heteroatoms. The van der Waals surface area contributed by atoms with Crippen LogP contribution >= 0.6 is 12.2 Å². The van der Waals surface area contributed by atoms with Crippen LogP contribution in [0.3, 0.4) is 0 Å². The Kier molecular flexibility index (Phi) is 3.19. The lowest BCUT2D eigenvalue weighted by molar-refractivity contribution is 0.751. The van der Waals surface area contributed by atoms with Crippen molar-refractivity contribution in [1.29, 1.82) is 0 Å². The first-order valence-corrected chi connectivity index (χ1v) is 6.23. The molecule has 1 aromatic heterocycles. The van der Waals surface area contributed by atoms with Gasteiger partial charge in [-0.3, -0.25) is 0 Å². The Hall–Kier alpha value is -0.700. The van der Waals surface area contributed by atoms with Crippen molar-refractivity contribution in [2.75, 3.05) is 0 Å². The van der Waals surface area contributed by atoms with Crippen LogP contribution in [-0.4, -0.2) is 9.97 Å². The maximum Gasteiger partial charge on any atom is 0.132 e. The molecule has 1 fully saturated rings. The van der Waals surface area contributed by atoms with E-state index in [4.69, 9.17) is 12.2 Å². The van der Waals surface area contributed by atoms with Crippen LogP contribution in [0.1, 0.15) is 55.6 Å². The van der Waals surface area contributed by atoms with Crippen molar-refractivity contribution in [3.63, 3.8) is 0 Å². The summed E-state index contributed by atoms with van der Waals surface area (Å²) in [5, 5.41) is 0. The normalized spacial score (nSPS) is 15.6. The largest absolute Gasteiger partial charge is 0.347 e. The molecule has 1 N–H and O–H groups in total. The zero-order chi connectivity index (χ0) is 10.8. The molecule has 0 aromatic carbocycles. The van der Waals surface area contributed by atoms with Crippen LogP contribution in [0.2, 0.25) is 0 Å². The van der Waals surface area contributed by atoms with E-state index in [1.165, 1.54) is 36.9 Å². The number of unbranched alkanes of at least 4 members (excludes halogenated alkanes) is 1. The molecular weight excluding hydrogens is 204 g/mol. The van der Waals surface area contributed by atoms with Crippen LogP contribution in [0.5, 0.6) is 0 Å². The zero-order valence-electron chi connectivity index (χ0n) is 9.47. The van der Waals surface area contributed by atoms with Gasteiger partial charge in [-0.1, -0.05) is 25.6 Å². The highest BCUT2D eigenvalue weighted by atomic mass is 32.1. The van der Waals surface area contributed by atoms with Crippen molar-refractivity contribution >= 4 is 12.2 Å². The number of nitrogens with one attached hydrogen (secondary N) is 1. The first kappa shape index (κ1) is 10.8. The summed E-state index contributed by atoms with van der Waals surface area (Å²) in [6.45, 7) is 4.29. The van der Waals surface area contributed by atoms with Gasteiger partial charge < -0.3 is 4.98 Å². The van der Waals surface area contributed by atoms with E-state index >= 15 is 0 Å². The maximum absolute atomic E-state index is 5.29. The van der Waals surface area contributed by atoms with Gasteiger partial charge in [0.25, 0.3) is 0 Å². The van der Waals surface area contributed by atoms with Crippen LogP contribution < -0.4 is 0 Å². The van der Waals surface area contributed by atoms with Gasteiger partial charge in [0.15, 0.2) is 0 Å². The molecule has 0 bridgehead atoms. The Morgan fingerprint density at radius 2 is 2.20 bits per heavy atom. The van der Waals surface area contributed by atoms with E-state index in [9.17, 15) is 0 Å². The number of hydrogen-bond acceptors (Lipinski definition) is 2. The quantitative estimate of drug-likeness (QED) is 0.787. The summed E-state index contributed by atoms with van der Waals surface area (Å²) in [5.41, 5.74) is 2.47. The van der Waals surface area contributed by atoms with Crippen LogP contribution in [0.4, 0.5) is 0 Å². The Labute approximate surface area is 96.1 Å². The standard InChI is InChI=1S/C12H18N2S/c1-3-4-5-10-8(2)12(15)14-11(13-10)9-6-7-9/h9H,3-7H2,1-2H3,(H,13,14,15). The summed E-state index contributed by atoms with van der Waals surface area (Å²) in [6.07, 6.45) is 6.10. The molecule has 2 rings (SSSR count). The summed E-state index contributed by atoms with van der Waals surface area (Å²) in [5.74, 6) is 1.78. The average molecular weight is 222 g/mol. The van der Waals surface area contributed by atoms with E-state index < -0.39 is 0 Å². The number of H-pyrrole nitrogens is 1. The summed E-state index contributed by atoms with van der Waals surface area (Å²) >= 11 is 5.29. The Morgan fingerprint density at radius 1 is 1.47 bits per heavy atom. The number of rotatable bonds is 4. The predicted octanol–water partition coefficient (Wildman–Crippen LogP) is 3.67. The smallest absolute Gasteiger partial charge is 0.132 e. The fourth-order valence-electron chi connectivity index (χ4n) is 1.75. The van der Waals surface area contributed by atoms with E-state index in [0.717, 1.165) is 16.9 Å². The second-order valence-corrected chi connectivity index (χ2v) is 4.80. The molecule has 0 radical (unpaired) electrons. The highest BCUT2D eigenvalue weighted by Crippen LogP contribution is 2.38. The Balaban J connectivity index is 2.29. The van der Waals surface area contributed by atoms with Gasteiger partial charge >= 0.3 is 0 Å². The van der Waals surface area contributed by atoms with Crippen molar-refractivity contribution in [3.8, 4) is 0 Å². The molecule has 2 nitrogen and oxygen atoms in total. The fraction of sp³-hybridized carbons (Fsp3) is 0.667. The van der Waals surface area contributed by atoms with Crippen molar-refractivity contribution in [1.82, 2.24) is 9.97 Å². The van der Waals surface area contributed by atoms with Crippen molar-refractivity contribution < 1.29 is 0 Å². The van der Waals surface area contributed by atoms with Gasteiger partial charge in [-0.25, -0.2) is 4.98 Å². The first-order valence-electron chi connectivity index (χ1n) is 5.82. The molecule has 0 saturated heterocycles. The minimum Gasteiger partial charge on any atom is -0.347 e. The molecular formula is C12H18N2S. The monoisotopic (exact) mass is 222 g/mol. The molecule has 0 spiro atoms. The fourth-order valence-corrected chi connectivity index (χ4v) is 1.97. The summed E-state index contributed by atoms with van der Waals surface area (Å²) in [7, 11) is 0. The van der Waals surface area contributed by atoms with Crippen LogP contribution in [0.25, 0.3) is 0 Å². The first-order chi connectivity index (χ1) is 7.22. The van der Waals surface area contributed by atoms with Gasteiger partial charge in [0.05, 0.1) is 0 Å². The highest BCUT2D eigenvalue weighted by molar-refractivity contribution is 7.71. The summed E-state index contributed by atoms with van der Waals surface area (Å²) in [4.78, 5) is 7.94. The Bertz CT molecular complexity index is 405. The van der Waals surface area contributed by atoms with E-state index in [2.05, 4.69) is 23.8 Å². The number of aromatic amines is 1. The third-order valence-electron chi connectivity index (χ3n) is 3.02. The predicted molar refractivity (Wildman–Crippen MR) is 64.7 cm³/mol. The van der Waals surface area contributed by atoms with Gasteiger partial charge in [-0.2, -0.15) is 0 Å². The third-order valence-corrected chi connectivity index (χ3v) is 3.42. The van der Waals surface area contributed by atoms with Gasteiger partial charge in [0.2, 0.25) is 0 Å². The molecule has 0 aliphatic heterocycles. The van der Waals surface area contributed by atoms with Gasteiger partial charge in [0.1, 0.15) is 10.5 Å². The number of hydrogen-bond donors (Lipinski definition) is 1. The Morgan fingerprint density at radius 3 is 2.80 bits per heavy atom. The number of aromatic nitrogens is 2. The molecule has 1 aliphatic carbocycles. The van der Waals surface area contributed by atoms with Crippen LogP contribution in [0, 0.1) is 11.6 Å². The molecule has 82 valence electrons. The molecule has 15 heavy (non-hydrogen) atoms. The topological polar surface area (TPSA) is 28.7 Å². The second kappa shape index (κ2) is 4.44. The molecule has 0 unspecified atom stereocenters. The van der Waals surface area contributed by atoms with Gasteiger partial charge in [-0.15, -0.1) is 0 Å². The SMILES string of the molecule is CCCCc1[nH]c(C2CC2)nc(=S)c1C. The lowest BCUT2D eigenvalue weighted by Gasteiger charge is -2.08. The van der Waals surface area contributed by atoms with E-state index in [-0.39, 0.29) is 0 Å². The van der Waals surface area contributed by atoms with Crippen LogP contribution in [-0.2, 0) is 6.42 Å². The van der Waals surface area contributed by atoms with Crippen LogP contribution in [0.15, 0.2) is 0 Å². The van der Waals surface area contributed by atoms with E-state index in [0.29, 0.717) is 5.92 Å². The lowest BCUT2D eigenvalue weighted by atomic mass is 10.1. The molecule has 1 aromatic rings. The second-order valence-electron chi connectivity index (χ2n) is 4.41. The van der Waals surface area contributed by atoms with Crippen molar-refractivity contribution in [2.45, 2.75) is 51.9 Å². The molecule has 1 saturated carbocycles. The molecule has 1 heterocycles. The number of nitrogens with zero attached hydrogens (tertiary/aromatic N) is 1. The van der Waals surface area contributed by atoms with Crippen molar-refractivity contribution in [3.05, 3.63) is 21.7 Å². The maximum atomic E-state index is 5.29. The van der Waals surface area contributed by atoms with Gasteiger partial charge in [0, 0.05) is 17.2 Å². The average Bonchev–Trinajstić information content (AvgIpc) is 3.03. The highest BCUT2D eigenvalue weighted by Gasteiger charge is 2.26. The lowest BCUT2D eigenvalue weighted by Crippen LogP contribution is -2.02. The summed E-state index contributed by atoms with van der Waals surface area (Å²) < 4.78 is 0.793. The van der Waals surface area contributed by atoms with Gasteiger partial charge in [-0.05, 0) is 32.6 Å². The summed E-state index contributed by atoms with van der Waals surface area (Å²) in [6, 6.07) is 0. The minimum absolute atomic E-state index is 0.660. The molecule has 1 aliphatic rings. The van der Waals surface area contributed by atoms with Crippen molar-refractivity contribution in [2.24, 2.45) is 0 Å². The number of aryl methyl sites for hydroxylation is 1. The van der Waals surface area contributed by atoms with E-state index in [1.54, 1.807) is 0 Å². The van der Waals surface area contributed by atoms with E-state index in [1.807, 2.05) is 0 Å². The zero-order valence-corrected chi connectivity index (χ0v) is 10.3. The minimum atomic E-state index is 0.660. The molecule has 0 atom stereocenters. The third kappa shape index (κ3) is 2.46. The molecule has 0 amide bonds.